The lowest BCUT2D eigenvalue weighted by Gasteiger charge is -2.00. The van der Waals surface area contributed by atoms with Crippen molar-refractivity contribution in [2.24, 2.45) is 10.7 Å². The lowest BCUT2D eigenvalue weighted by molar-refractivity contribution is 1.24. The Morgan fingerprint density at radius 1 is 1.19 bits per heavy atom. The third-order valence-electron chi connectivity index (χ3n) is 1.94. The maximum atomic E-state index is 5.86. The van der Waals surface area contributed by atoms with Gasteiger partial charge in [0.05, 0.1) is 4.47 Å². The second-order valence-electron chi connectivity index (χ2n) is 3.04. The van der Waals surface area contributed by atoms with Crippen LogP contribution in [0.5, 0.6) is 0 Å². The molecular formula is C11H9BrN4. The van der Waals surface area contributed by atoms with Crippen LogP contribution in [0.4, 0.5) is 5.82 Å². The molecule has 0 saturated carbocycles. The molecule has 0 aliphatic carbocycles. The topological polar surface area (TPSA) is 64.2 Å². The summed E-state index contributed by atoms with van der Waals surface area (Å²) in [6.07, 6.45) is 5.01. The van der Waals surface area contributed by atoms with Gasteiger partial charge in [0.1, 0.15) is 5.84 Å². The fourth-order valence-corrected chi connectivity index (χ4v) is 1.50. The van der Waals surface area contributed by atoms with Crippen molar-refractivity contribution in [3.8, 4) is 0 Å². The zero-order chi connectivity index (χ0) is 11.4. The molecule has 0 aliphatic heterocycles. The predicted molar refractivity (Wildman–Crippen MR) is 66.6 cm³/mol. The van der Waals surface area contributed by atoms with Gasteiger partial charge >= 0.3 is 0 Å². The van der Waals surface area contributed by atoms with Crippen molar-refractivity contribution >= 4 is 27.6 Å². The minimum absolute atomic E-state index is 0.418. The fraction of sp³-hybridized carbons (Fsp3) is 0. The van der Waals surface area contributed by atoms with Crippen molar-refractivity contribution in [2.45, 2.75) is 0 Å². The van der Waals surface area contributed by atoms with Crippen LogP contribution in [0, 0.1) is 0 Å². The molecule has 2 aromatic rings. The average Bonchev–Trinajstić information content (AvgIpc) is 2.33. The zero-order valence-corrected chi connectivity index (χ0v) is 9.92. The van der Waals surface area contributed by atoms with E-state index < -0.39 is 0 Å². The van der Waals surface area contributed by atoms with Crippen molar-refractivity contribution in [1.29, 1.82) is 0 Å². The van der Waals surface area contributed by atoms with Gasteiger partial charge in [0.15, 0.2) is 5.82 Å². The van der Waals surface area contributed by atoms with E-state index in [0.717, 1.165) is 10.0 Å². The summed E-state index contributed by atoms with van der Waals surface area (Å²) < 4.78 is 0.812. The molecule has 0 unspecified atom stereocenters. The maximum Gasteiger partial charge on any atom is 0.168 e. The van der Waals surface area contributed by atoms with E-state index in [9.17, 15) is 0 Å². The van der Waals surface area contributed by atoms with Gasteiger partial charge < -0.3 is 5.73 Å². The predicted octanol–water partition coefficient (Wildman–Crippen LogP) is 2.28. The first-order chi connectivity index (χ1) is 7.77. The van der Waals surface area contributed by atoms with Gasteiger partial charge in [-0.15, -0.1) is 0 Å². The monoisotopic (exact) mass is 276 g/mol. The average molecular weight is 277 g/mol. The standard InChI is InChI=1S/C11H9BrN4/c12-9-2-1-5-15-11(9)16-10(13)8-3-6-14-7-4-8/h1-7H,(H2,13,15,16). The number of aliphatic imine (C=N–C) groups is 1. The number of hydrogen-bond donors (Lipinski definition) is 1. The number of hydrogen-bond acceptors (Lipinski definition) is 3. The largest absolute Gasteiger partial charge is 0.383 e. The highest BCUT2D eigenvalue weighted by molar-refractivity contribution is 9.10. The highest BCUT2D eigenvalue weighted by Crippen LogP contribution is 2.21. The molecule has 4 nitrogen and oxygen atoms in total. The Morgan fingerprint density at radius 2 is 1.94 bits per heavy atom. The summed E-state index contributed by atoms with van der Waals surface area (Å²) >= 11 is 3.36. The minimum atomic E-state index is 0.418. The molecule has 0 aromatic carbocycles. The van der Waals surface area contributed by atoms with Crippen LogP contribution >= 0.6 is 15.9 Å². The Morgan fingerprint density at radius 3 is 2.62 bits per heavy atom. The number of aromatic nitrogens is 2. The van der Waals surface area contributed by atoms with Crippen molar-refractivity contribution in [3.63, 3.8) is 0 Å². The Labute approximate surface area is 101 Å². The van der Waals surface area contributed by atoms with Crippen LogP contribution in [0.2, 0.25) is 0 Å². The molecule has 2 rings (SSSR count). The number of nitrogens with zero attached hydrogens (tertiary/aromatic N) is 3. The third-order valence-corrected chi connectivity index (χ3v) is 2.56. The van der Waals surface area contributed by atoms with Crippen molar-refractivity contribution in [3.05, 3.63) is 52.9 Å². The van der Waals surface area contributed by atoms with E-state index in [1.165, 1.54) is 0 Å². The smallest absolute Gasteiger partial charge is 0.168 e. The lowest BCUT2D eigenvalue weighted by Crippen LogP contribution is -2.12. The molecule has 0 bridgehead atoms. The van der Waals surface area contributed by atoms with Gasteiger partial charge in [0.2, 0.25) is 0 Å². The SMILES string of the molecule is N/C(=N\c1ncccc1Br)c1ccncc1. The third kappa shape index (κ3) is 2.43. The van der Waals surface area contributed by atoms with E-state index in [2.05, 4.69) is 30.9 Å². The molecule has 0 spiro atoms. The summed E-state index contributed by atoms with van der Waals surface area (Å²) in [6.45, 7) is 0. The molecular weight excluding hydrogens is 268 g/mol. The van der Waals surface area contributed by atoms with Crippen LogP contribution in [0.25, 0.3) is 0 Å². The second kappa shape index (κ2) is 4.85. The molecule has 0 amide bonds. The molecule has 80 valence electrons. The molecule has 16 heavy (non-hydrogen) atoms. The van der Waals surface area contributed by atoms with Gasteiger partial charge in [0, 0.05) is 24.2 Å². The molecule has 2 heterocycles. The van der Waals surface area contributed by atoms with Gasteiger partial charge in [-0.1, -0.05) is 0 Å². The highest BCUT2D eigenvalue weighted by atomic mass is 79.9. The van der Waals surface area contributed by atoms with E-state index >= 15 is 0 Å². The Balaban J connectivity index is 2.36. The maximum absolute atomic E-state index is 5.86. The molecule has 0 fully saturated rings. The zero-order valence-electron chi connectivity index (χ0n) is 8.34. The summed E-state index contributed by atoms with van der Waals surface area (Å²) in [5, 5.41) is 0. The van der Waals surface area contributed by atoms with Crippen LogP contribution in [0.15, 0.2) is 52.3 Å². The summed E-state index contributed by atoms with van der Waals surface area (Å²) in [6, 6.07) is 7.29. The lowest BCUT2D eigenvalue weighted by atomic mass is 10.2. The van der Waals surface area contributed by atoms with Crippen molar-refractivity contribution < 1.29 is 0 Å². The van der Waals surface area contributed by atoms with Crippen LogP contribution < -0.4 is 5.73 Å². The Hall–Kier alpha value is -1.75. The second-order valence-corrected chi connectivity index (χ2v) is 3.90. The Kier molecular flexibility index (Phi) is 3.26. The molecule has 2 N–H and O–H groups in total. The van der Waals surface area contributed by atoms with Gasteiger partial charge in [0.25, 0.3) is 0 Å². The molecule has 0 aliphatic rings. The summed E-state index contributed by atoms with van der Waals surface area (Å²) in [5.74, 6) is 0.985. The number of pyridine rings is 2. The van der Waals surface area contributed by atoms with E-state index in [1.807, 2.05) is 12.1 Å². The highest BCUT2D eigenvalue weighted by Gasteiger charge is 2.01. The summed E-state index contributed by atoms with van der Waals surface area (Å²) in [7, 11) is 0. The van der Waals surface area contributed by atoms with E-state index in [4.69, 9.17) is 5.73 Å². The van der Waals surface area contributed by atoms with Gasteiger partial charge in [-0.05, 0) is 40.2 Å². The molecule has 0 saturated heterocycles. The van der Waals surface area contributed by atoms with E-state index in [0.29, 0.717) is 11.7 Å². The first-order valence-electron chi connectivity index (χ1n) is 4.62. The molecule has 2 aromatic heterocycles. The van der Waals surface area contributed by atoms with Gasteiger partial charge in [-0.2, -0.15) is 0 Å². The quantitative estimate of drug-likeness (QED) is 0.676. The number of rotatable bonds is 2. The minimum Gasteiger partial charge on any atom is -0.383 e. The van der Waals surface area contributed by atoms with Gasteiger partial charge in [-0.3, -0.25) is 4.98 Å². The van der Waals surface area contributed by atoms with Crippen LogP contribution in [-0.4, -0.2) is 15.8 Å². The fourth-order valence-electron chi connectivity index (χ4n) is 1.16. The van der Waals surface area contributed by atoms with Crippen molar-refractivity contribution in [1.82, 2.24) is 9.97 Å². The normalized spacial score (nSPS) is 11.4. The van der Waals surface area contributed by atoms with Gasteiger partial charge in [-0.25, -0.2) is 9.98 Å². The van der Waals surface area contributed by atoms with E-state index in [-0.39, 0.29) is 0 Å². The first kappa shape index (κ1) is 10.8. The Bertz CT molecular complexity index is 510. The first-order valence-corrected chi connectivity index (χ1v) is 5.42. The molecule has 5 heteroatoms. The van der Waals surface area contributed by atoms with Crippen LogP contribution in [0.3, 0.4) is 0 Å². The summed E-state index contributed by atoms with van der Waals surface area (Å²) in [4.78, 5) is 12.3. The number of amidine groups is 1. The number of halogens is 1. The molecule has 0 radical (unpaired) electrons. The number of nitrogens with two attached hydrogens (primary N) is 1. The van der Waals surface area contributed by atoms with Crippen LogP contribution in [-0.2, 0) is 0 Å². The van der Waals surface area contributed by atoms with Crippen molar-refractivity contribution in [2.75, 3.05) is 0 Å². The molecule has 0 atom stereocenters. The summed E-state index contributed by atoms with van der Waals surface area (Å²) in [5.41, 5.74) is 6.68. The van der Waals surface area contributed by atoms with Crippen LogP contribution in [0.1, 0.15) is 5.56 Å². The van der Waals surface area contributed by atoms with E-state index in [1.54, 1.807) is 30.7 Å².